The molecule has 0 heterocycles. The minimum Gasteiger partial charge on any atom is -0.329 e. The molecule has 0 aliphatic rings. The van der Waals surface area contributed by atoms with Gasteiger partial charge in [0.1, 0.15) is 0 Å². The molecule has 9 heavy (non-hydrogen) atoms. The zero-order valence-electron chi connectivity index (χ0n) is 6.28. The number of rotatable bonds is 4. The van der Waals surface area contributed by atoms with Gasteiger partial charge in [-0.05, 0) is 12.8 Å². The van der Waals surface area contributed by atoms with Gasteiger partial charge < -0.3 is 5.73 Å². The maximum absolute atomic E-state index is 5.50. The molecule has 56 valence electrons. The summed E-state index contributed by atoms with van der Waals surface area (Å²) in [4.78, 5) is 0. The molecule has 0 saturated carbocycles. The molecule has 0 rings (SSSR count). The molecule has 0 unspecified atom stereocenters. The summed E-state index contributed by atoms with van der Waals surface area (Å²) in [5.41, 5.74) is 8.21. The monoisotopic (exact) mass is 131 g/mol. The highest BCUT2D eigenvalue weighted by molar-refractivity contribution is 4.83. The van der Waals surface area contributed by atoms with E-state index >= 15 is 0 Å². The third-order valence-corrected chi connectivity index (χ3v) is 2.05. The molecule has 0 fully saturated rings. The van der Waals surface area contributed by atoms with Crippen molar-refractivity contribution >= 4 is 0 Å². The van der Waals surface area contributed by atoms with Crippen LogP contribution in [0.3, 0.4) is 0 Å². The van der Waals surface area contributed by atoms with Crippen LogP contribution in [0.4, 0.5) is 0 Å². The summed E-state index contributed by atoms with van der Waals surface area (Å²) < 4.78 is 0. The lowest BCUT2D eigenvalue weighted by Crippen LogP contribution is -2.53. The fraction of sp³-hybridized carbons (Fsp3) is 1.00. The van der Waals surface area contributed by atoms with Gasteiger partial charge >= 0.3 is 0 Å². The summed E-state index contributed by atoms with van der Waals surface area (Å²) >= 11 is 0. The summed E-state index contributed by atoms with van der Waals surface area (Å²) in [7, 11) is 0. The van der Waals surface area contributed by atoms with E-state index in [9.17, 15) is 0 Å². The van der Waals surface area contributed by atoms with Crippen molar-refractivity contribution in [3.63, 3.8) is 0 Å². The molecule has 0 aliphatic carbocycles. The van der Waals surface area contributed by atoms with Crippen molar-refractivity contribution in [2.24, 2.45) is 11.6 Å². The van der Waals surface area contributed by atoms with E-state index in [1.54, 1.807) is 0 Å². The van der Waals surface area contributed by atoms with Crippen molar-refractivity contribution in [2.75, 3.05) is 6.54 Å². The lowest BCUT2D eigenvalue weighted by molar-refractivity contribution is 0.315. The molecule has 0 aliphatic heterocycles. The second-order valence-corrected chi connectivity index (χ2v) is 2.34. The van der Waals surface area contributed by atoms with Gasteiger partial charge in [-0.1, -0.05) is 13.8 Å². The molecule has 0 aromatic rings. The minimum atomic E-state index is -0.0278. The Morgan fingerprint density at radius 1 is 1.33 bits per heavy atom. The molecule has 5 N–H and O–H groups in total. The maximum Gasteiger partial charge on any atom is 0.0438 e. The van der Waals surface area contributed by atoms with E-state index in [-0.39, 0.29) is 5.54 Å². The van der Waals surface area contributed by atoms with Crippen molar-refractivity contribution in [1.29, 1.82) is 0 Å². The van der Waals surface area contributed by atoms with Crippen molar-refractivity contribution in [1.82, 2.24) is 5.43 Å². The third kappa shape index (κ3) is 1.93. The van der Waals surface area contributed by atoms with Gasteiger partial charge in [-0.25, -0.2) is 0 Å². The quantitative estimate of drug-likeness (QED) is 0.371. The fourth-order valence-corrected chi connectivity index (χ4v) is 0.802. The average Bonchev–Trinajstić information content (AvgIpc) is 1.95. The molecule has 0 radical (unpaired) electrons. The van der Waals surface area contributed by atoms with E-state index in [1.165, 1.54) is 0 Å². The van der Waals surface area contributed by atoms with Crippen LogP contribution in [0.25, 0.3) is 0 Å². The fourth-order valence-electron chi connectivity index (χ4n) is 0.802. The van der Waals surface area contributed by atoms with Crippen LogP contribution in [-0.4, -0.2) is 12.1 Å². The van der Waals surface area contributed by atoms with Crippen LogP contribution < -0.4 is 17.0 Å². The largest absolute Gasteiger partial charge is 0.329 e. The van der Waals surface area contributed by atoms with E-state index in [0.29, 0.717) is 6.54 Å². The SMILES string of the molecule is CCC(CC)(CN)NN. The van der Waals surface area contributed by atoms with Crippen molar-refractivity contribution in [3.8, 4) is 0 Å². The van der Waals surface area contributed by atoms with Crippen LogP contribution in [-0.2, 0) is 0 Å². The first-order chi connectivity index (χ1) is 4.24. The second kappa shape index (κ2) is 3.82. The Labute approximate surface area is 56.8 Å². The zero-order chi connectivity index (χ0) is 7.33. The number of nitrogens with two attached hydrogens (primary N) is 2. The molecule has 0 amide bonds. The predicted molar refractivity (Wildman–Crippen MR) is 39.7 cm³/mol. The van der Waals surface area contributed by atoms with Crippen LogP contribution >= 0.6 is 0 Å². The number of hydrogen-bond acceptors (Lipinski definition) is 3. The van der Waals surface area contributed by atoms with Gasteiger partial charge in [0, 0.05) is 12.1 Å². The third-order valence-electron chi connectivity index (χ3n) is 2.05. The van der Waals surface area contributed by atoms with Gasteiger partial charge in [0.25, 0.3) is 0 Å². The number of hydrazine groups is 1. The normalized spacial score (nSPS) is 12.0. The van der Waals surface area contributed by atoms with Crippen molar-refractivity contribution < 1.29 is 0 Å². The predicted octanol–water partition coefficient (Wildman–Crippen LogP) is -0.0328. The lowest BCUT2D eigenvalue weighted by Gasteiger charge is -2.28. The molecular weight excluding hydrogens is 114 g/mol. The molecule has 0 bridgehead atoms. The molecule has 3 nitrogen and oxygen atoms in total. The standard InChI is InChI=1S/C6H17N3/c1-3-6(4-2,5-7)9-8/h9H,3-5,7-8H2,1-2H3. The van der Waals surface area contributed by atoms with Gasteiger partial charge in [0.2, 0.25) is 0 Å². The van der Waals surface area contributed by atoms with Gasteiger partial charge in [0.05, 0.1) is 0 Å². The summed E-state index contributed by atoms with van der Waals surface area (Å²) in [6.45, 7) is 4.77. The Balaban J connectivity index is 3.82. The Morgan fingerprint density at radius 3 is 1.78 bits per heavy atom. The van der Waals surface area contributed by atoms with E-state index in [1.807, 2.05) is 0 Å². The van der Waals surface area contributed by atoms with Crippen LogP contribution in [0.1, 0.15) is 26.7 Å². The van der Waals surface area contributed by atoms with Gasteiger partial charge in [-0.2, -0.15) is 0 Å². The molecular formula is C6H17N3. The summed E-state index contributed by atoms with van der Waals surface area (Å²) in [5, 5.41) is 0. The topological polar surface area (TPSA) is 64.1 Å². The average molecular weight is 131 g/mol. The Hall–Kier alpha value is -0.120. The first-order valence-corrected chi connectivity index (χ1v) is 3.42. The van der Waals surface area contributed by atoms with Crippen molar-refractivity contribution in [3.05, 3.63) is 0 Å². The second-order valence-electron chi connectivity index (χ2n) is 2.34. The molecule has 0 atom stereocenters. The lowest BCUT2D eigenvalue weighted by atomic mass is 9.94. The van der Waals surface area contributed by atoms with E-state index in [4.69, 9.17) is 11.6 Å². The highest BCUT2D eigenvalue weighted by Crippen LogP contribution is 2.10. The Kier molecular flexibility index (Phi) is 3.77. The number of nitrogens with one attached hydrogen (secondary N) is 1. The maximum atomic E-state index is 5.50. The van der Waals surface area contributed by atoms with Gasteiger partial charge in [-0.3, -0.25) is 11.3 Å². The van der Waals surface area contributed by atoms with Crippen molar-refractivity contribution in [2.45, 2.75) is 32.2 Å². The van der Waals surface area contributed by atoms with Crippen LogP contribution in [0.2, 0.25) is 0 Å². The Morgan fingerprint density at radius 2 is 1.78 bits per heavy atom. The molecule has 0 spiro atoms. The van der Waals surface area contributed by atoms with E-state index < -0.39 is 0 Å². The first-order valence-electron chi connectivity index (χ1n) is 3.42. The van der Waals surface area contributed by atoms with Gasteiger partial charge in [0.15, 0.2) is 0 Å². The smallest absolute Gasteiger partial charge is 0.0438 e. The highest BCUT2D eigenvalue weighted by atomic mass is 15.3. The minimum absolute atomic E-state index is 0.0278. The summed E-state index contributed by atoms with van der Waals surface area (Å²) in [6, 6.07) is 0. The van der Waals surface area contributed by atoms with E-state index in [2.05, 4.69) is 19.3 Å². The zero-order valence-corrected chi connectivity index (χ0v) is 6.28. The molecule has 3 heteroatoms. The van der Waals surface area contributed by atoms with Crippen LogP contribution in [0.15, 0.2) is 0 Å². The highest BCUT2D eigenvalue weighted by Gasteiger charge is 2.21. The van der Waals surface area contributed by atoms with Crippen LogP contribution in [0, 0.1) is 0 Å². The molecule has 0 aromatic carbocycles. The summed E-state index contributed by atoms with van der Waals surface area (Å²) in [6.07, 6.45) is 1.97. The molecule has 0 aromatic heterocycles. The van der Waals surface area contributed by atoms with Gasteiger partial charge in [-0.15, -0.1) is 0 Å². The van der Waals surface area contributed by atoms with Crippen LogP contribution in [0.5, 0.6) is 0 Å². The van der Waals surface area contributed by atoms with E-state index in [0.717, 1.165) is 12.8 Å². The summed E-state index contributed by atoms with van der Waals surface area (Å²) in [5.74, 6) is 5.31. The Bertz CT molecular complexity index is 51.2. The first kappa shape index (κ1) is 8.88. The molecule has 0 saturated heterocycles. The number of hydrogen-bond donors (Lipinski definition) is 3.